The van der Waals surface area contributed by atoms with Crippen molar-refractivity contribution in [3.8, 4) is 11.1 Å². The topological polar surface area (TPSA) is 99.0 Å². The van der Waals surface area contributed by atoms with E-state index < -0.39 is 12.1 Å². The summed E-state index contributed by atoms with van der Waals surface area (Å²) in [5, 5.41) is 35.6. The molecule has 4 aromatic rings. The number of aliphatic hydroxyl groups excluding tert-OH is 2. The second-order valence-corrected chi connectivity index (χ2v) is 10.7. The molecule has 6 heteroatoms. The second kappa shape index (κ2) is 12.5. The molecule has 0 aliphatic carbocycles. The van der Waals surface area contributed by atoms with Crippen molar-refractivity contribution in [2.24, 2.45) is 0 Å². The molecular formula is C33H37NO5. The summed E-state index contributed by atoms with van der Waals surface area (Å²) < 4.78 is 6.06. The average Bonchev–Trinajstić information content (AvgIpc) is 2.94. The maximum atomic E-state index is 11.7. The van der Waals surface area contributed by atoms with Crippen LogP contribution in [0.2, 0.25) is 0 Å². The molecule has 2 atom stereocenters. The van der Waals surface area contributed by atoms with Crippen LogP contribution < -0.4 is 5.32 Å². The Kier molecular flexibility index (Phi) is 9.15. The van der Waals surface area contributed by atoms with Crippen molar-refractivity contribution < 1.29 is 24.9 Å². The van der Waals surface area contributed by atoms with E-state index in [9.17, 15) is 20.1 Å². The fourth-order valence-electron chi connectivity index (χ4n) is 4.92. The lowest BCUT2D eigenvalue weighted by atomic mass is 9.93. The summed E-state index contributed by atoms with van der Waals surface area (Å²) in [6.07, 6.45) is -0.201. The van der Waals surface area contributed by atoms with Crippen LogP contribution >= 0.6 is 0 Å². The molecule has 4 N–H and O–H groups in total. The van der Waals surface area contributed by atoms with Gasteiger partial charge < -0.3 is 25.4 Å². The number of carboxylic acids is 1. The lowest BCUT2D eigenvalue weighted by Crippen LogP contribution is -2.46. The summed E-state index contributed by atoms with van der Waals surface area (Å²) >= 11 is 0. The molecule has 2 unspecified atom stereocenters. The van der Waals surface area contributed by atoms with Crippen LogP contribution in [0.15, 0.2) is 84.9 Å². The van der Waals surface area contributed by atoms with E-state index >= 15 is 0 Å². The van der Waals surface area contributed by atoms with Crippen LogP contribution in [0.25, 0.3) is 21.9 Å². The van der Waals surface area contributed by atoms with Crippen molar-refractivity contribution in [1.82, 2.24) is 5.32 Å². The van der Waals surface area contributed by atoms with Crippen LogP contribution in [0.4, 0.5) is 0 Å². The van der Waals surface area contributed by atoms with Gasteiger partial charge in [-0.15, -0.1) is 0 Å². The molecule has 0 aliphatic heterocycles. The van der Waals surface area contributed by atoms with E-state index in [4.69, 9.17) is 4.74 Å². The third-order valence-corrected chi connectivity index (χ3v) is 7.04. The number of aliphatic hydroxyl groups is 2. The third-order valence-electron chi connectivity index (χ3n) is 7.04. The number of nitrogens with one attached hydrogen (secondary N) is 1. The van der Waals surface area contributed by atoms with Crippen LogP contribution in [0.1, 0.15) is 53.9 Å². The van der Waals surface area contributed by atoms with Crippen molar-refractivity contribution in [3.63, 3.8) is 0 Å². The van der Waals surface area contributed by atoms with Crippen LogP contribution in [0.5, 0.6) is 0 Å². The number of fused-ring (bicyclic) bond motifs is 1. The molecule has 0 bridgehead atoms. The zero-order chi connectivity index (χ0) is 28.0. The summed E-state index contributed by atoms with van der Waals surface area (Å²) in [6.45, 7) is 6.37. The SMILES string of the molecule is CC(OCC(O)CNC(C)(C)Cc1ccc2ccccc2c1)c1ccccc1-c1ccc(CO)c(C(=O)O)c1. The van der Waals surface area contributed by atoms with Crippen molar-refractivity contribution in [1.29, 1.82) is 0 Å². The van der Waals surface area contributed by atoms with Crippen LogP contribution in [0, 0.1) is 0 Å². The molecule has 204 valence electrons. The lowest BCUT2D eigenvalue weighted by Gasteiger charge is -2.28. The van der Waals surface area contributed by atoms with Gasteiger partial charge in [0.15, 0.2) is 0 Å². The van der Waals surface area contributed by atoms with Crippen molar-refractivity contribution >= 4 is 16.7 Å². The average molecular weight is 528 g/mol. The highest BCUT2D eigenvalue weighted by atomic mass is 16.5. The Balaban J connectivity index is 1.36. The molecular weight excluding hydrogens is 490 g/mol. The quantitative estimate of drug-likeness (QED) is 0.187. The number of β-amino-alcohol motifs (C(OH)–C–C–N with tert-alkyl or cyclic N) is 1. The number of ether oxygens (including phenoxy) is 1. The molecule has 0 saturated carbocycles. The molecule has 0 fully saturated rings. The molecule has 0 spiro atoms. The molecule has 0 aliphatic rings. The summed E-state index contributed by atoms with van der Waals surface area (Å²) in [5.41, 5.74) is 3.93. The summed E-state index contributed by atoms with van der Waals surface area (Å²) in [5.74, 6) is -1.08. The number of benzene rings is 4. The van der Waals surface area contributed by atoms with Gasteiger partial charge >= 0.3 is 5.97 Å². The minimum absolute atomic E-state index is 0.0752. The van der Waals surface area contributed by atoms with Gasteiger partial charge in [0.25, 0.3) is 0 Å². The van der Waals surface area contributed by atoms with E-state index in [2.05, 4.69) is 49.5 Å². The number of rotatable bonds is 12. The lowest BCUT2D eigenvalue weighted by molar-refractivity contribution is -0.00397. The Morgan fingerprint density at radius 2 is 1.67 bits per heavy atom. The minimum atomic E-state index is -1.08. The number of carbonyl (C=O) groups is 1. The Hall–Kier alpha value is -3.55. The molecule has 6 nitrogen and oxygen atoms in total. The number of aromatic carboxylic acids is 1. The van der Waals surface area contributed by atoms with Gasteiger partial charge in [0.05, 0.1) is 31.0 Å². The van der Waals surface area contributed by atoms with Gasteiger partial charge in [-0.1, -0.05) is 78.9 Å². The molecule has 0 radical (unpaired) electrons. The first-order valence-electron chi connectivity index (χ1n) is 13.3. The molecule has 4 rings (SSSR count). The van der Waals surface area contributed by atoms with Gasteiger partial charge in [0.2, 0.25) is 0 Å². The van der Waals surface area contributed by atoms with Crippen molar-refractivity contribution in [2.45, 2.75) is 51.5 Å². The maximum absolute atomic E-state index is 11.7. The molecule has 0 heterocycles. The molecule has 0 amide bonds. The Morgan fingerprint density at radius 3 is 2.41 bits per heavy atom. The van der Waals surface area contributed by atoms with E-state index in [1.807, 2.05) is 43.3 Å². The number of hydrogen-bond donors (Lipinski definition) is 4. The van der Waals surface area contributed by atoms with Crippen molar-refractivity contribution in [3.05, 3.63) is 107 Å². The van der Waals surface area contributed by atoms with Gasteiger partial charge in [0, 0.05) is 12.1 Å². The van der Waals surface area contributed by atoms with E-state index in [-0.39, 0.29) is 30.4 Å². The molecule has 4 aromatic carbocycles. The zero-order valence-corrected chi connectivity index (χ0v) is 22.7. The maximum Gasteiger partial charge on any atom is 0.336 e. The van der Waals surface area contributed by atoms with Gasteiger partial charge in [0.1, 0.15) is 0 Å². The number of hydrogen-bond acceptors (Lipinski definition) is 5. The summed E-state index contributed by atoms with van der Waals surface area (Å²) in [7, 11) is 0. The Labute approximate surface area is 229 Å². The monoisotopic (exact) mass is 527 g/mol. The predicted molar refractivity (Wildman–Crippen MR) is 155 cm³/mol. The van der Waals surface area contributed by atoms with Gasteiger partial charge in [-0.25, -0.2) is 4.79 Å². The summed E-state index contributed by atoms with van der Waals surface area (Å²) in [6, 6.07) is 27.5. The minimum Gasteiger partial charge on any atom is -0.478 e. The largest absolute Gasteiger partial charge is 0.478 e. The van der Waals surface area contributed by atoms with Crippen LogP contribution in [0.3, 0.4) is 0 Å². The predicted octanol–water partition coefficient (Wildman–Crippen LogP) is 5.75. The highest BCUT2D eigenvalue weighted by Gasteiger charge is 2.21. The molecule has 39 heavy (non-hydrogen) atoms. The van der Waals surface area contributed by atoms with Gasteiger partial charge in [-0.3, -0.25) is 0 Å². The van der Waals surface area contributed by atoms with Crippen LogP contribution in [-0.2, 0) is 17.8 Å². The van der Waals surface area contributed by atoms with E-state index in [0.717, 1.165) is 23.1 Å². The first kappa shape index (κ1) is 28.5. The fourth-order valence-corrected chi connectivity index (χ4v) is 4.92. The first-order valence-corrected chi connectivity index (χ1v) is 13.3. The second-order valence-electron chi connectivity index (χ2n) is 10.7. The Bertz CT molecular complexity index is 1430. The van der Waals surface area contributed by atoms with E-state index in [1.54, 1.807) is 18.2 Å². The van der Waals surface area contributed by atoms with Crippen LogP contribution in [-0.4, -0.2) is 46.1 Å². The smallest absolute Gasteiger partial charge is 0.336 e. The van der Waals surface area contributed by atoms with E-state index in [1.165, 1.54) is 16.3 Å². The first-order chi connectivity index (χ1) is 18.7. The van der Waals surface area contributed by atoms with Gasteiger partial charge in [-0.05, 0) is 71.8 Å². The number of carboxylic acid groups (broad SMARTS) is 1. The third kappa shape index (κ3) is 7.31. The summed E-state index contributed by atoms with van der Waals surface area (Å²) in [4.78, 5) is 11.7. The fraction of sp³-hybridized carbons (Fsp3) is 0.303. The highest BCUT2D eigenvalue weighted by molar-refractivity contribution is 5.91. The standard InChI is InChI=1S/C33H37NO5/c1-22(29-10-6-7-11-30(29)26-14-15-27(20-35)31(17-26)32(37)38)39-21-28(36)19-34-33(2,3)18-23-12-13-24-8-4-5-9-25(24)16-23/h4-17,22,28,34-36H,18-21H2,1-3H3,(H,37,38). The van der Waals surface area contributed by atoms with E-state index in [0.29, 0.717) is 12.1 Å². The molecule has 0 aromatic heterocycles. The normalized spacial score (nSPS) is 13.4. The van der Waals surface area contributed by atoms with Crippen molar-refractivity contribution in [2.75, 3.05) is 13.2 Å². The Morgan fingerprint density at radius 1 is 0.949 bits per heavy atom. The zero-order valence-electron chi connectivity index (χ0n) is 22.7. The highest BCUT2D eigenvalue weighted by Crippen LogP contribution is 2.31. The van der Waals surface area contributed by atoms with Gasteiger partial charge in [-0.2, -0.15) is 0 Å². The molecule has 0 saturated heterocycles.